The molecule has 3 rings (SSSR count). The fourth-order valence-corrected chi connectivity index (χ4v) is 2.52. The SMILES string of the molecule is CC(=O)c1ccc(Nc2nccc(C(=O)NCCc3ccccc3)n2)cc1. The van der Waals surface area contributed by atoms with Crippen molar-refractivity contribution in [2.24, 2.45) is 0 Å². The molecule has 0 aliphatic heterocycles. The minimum Gasteiger partial charge on any atom is -0.350 e. The Balaban J connectivity index is 1.59. The van der Waals surface area contributed by atoms with Crippen molar-refractivity contribution in [3.63, 3.8) is 0 Å². The van der Waals surface area contributed by atoms with Gasteiger partial charge in [-0.15, -0.1) is 0 Å². The highest BCUT2D eigenvalue weighted by molar-refractivity contribution is 5.94. The Morgan fingerprint density at radius 3 is 2.41 bits per heavy atom. The van der Waals surface area contributed by atoms with Gasteiger partial charge in [0.1, 0.15) is 5.69 Å². The zero-order valence-corrected chi connectivity index (χ0v) is 15.0. The Bertz CT molecular complexity index is 924. The Kier molecular flexibility index (Phi) is 5.89. The molecule has 0 aliphatic rings. The number of carbonyl (C=O) groups is 2. The van der Waals surface area contributed by atoms with Crippen LogP contribution in [0.1, 0.15) is 33.3 Å². The van der Waals surface area contributed by atoms with Gasteiger partial charge < -0.3 is 10.6 Å². The molecular weight excluding hydrogens is 340 g/mol. The number of hydrogen-bond donors (Lipinski definition) is 2. The van der Waals surface area contributed by atoms with Gasteiger partial charge in [0.2, 0.25) is 5.95 Å². The van der Waals surface area contributed by atoms with Crippen LogP contribution < -0.4 is 10.6 Å². The molecule has 0 saturated heterocycles. The minimum atomic E-state index is -0.247. The van der Waals surface area contributed by atoms with Crippen molar-refractivity contribution in [3.05, 3.63) is 83.7 Å². The molecule has 136 valence electrons. The third kappa shape index (κ3) is 5.22. The van der Waals surface area contributed by atoms with Crippen LogP contribution >= 0.6 is 0 Å². The highest BCUT2D eigenvalue weighted by Crippen LogP contribution is 2.14. The summed E-state index contributed by atoms with van der Waals surface area (Å²) in [7, 11) is 0. The molecule has 6 nitrogen and oxygen atoms in total. The van der Waals surface area contributed by atoms with Gasteiger partial charge in [-0.2, -0.15) is 0 Å². The molecule has 3 aromatic rings. The predicted octanol–water partition coefficient (Wildman–Crippen LogP) is 3.40. The van der Waals surface area contributed by atoms with E-state index >= 15 is 0 Å². The van der Waals surface area contributed by atoms with Crippen LogP contribution in [0.25, 0.3) is 0 Å². The van der Waals surface area contributed by atoms with Gasteiger partial charge in [0.15, 0.2) is 5.78 Å². The van der Waals surface area contributed by atoms with E-state index in [0.717, 1.165) is 17.7 Å². The first-order valence-corrected chi connectivity index (χ1v) is 8.65. The maximum Gasteiger partial charge on any atom is 0.270 e. The molecule has 6 heteroatoms. The van der Waals surface area contributed by atoms with Crippen molar-refractivity contribution in [3.8, 4) is 0 Å². The fraction of sp³-hybridized carbons (Fsp3) is 0.143. The third-order valence-electron chi connectivity index (χ3n) is 3.98. The number of rotatable bonds is 7. The molecule has 0 unspecified atom stereocenters. The van der Waals surface area contributed by atoms with Crippen LogP contribution in [0.5, 0.6) is 0 Å². The molecule has 0 bridgehead atoms. The summed E-state index contributed by atoms with van der Waals surface area (Å²) in [6, 6.07) is 18.5. The molecule has 2 N–H and O–H groups in total. The third-order valence-corrected chi connectivity index (χ3v) is 3.98. The molecule has 2 aromatic carbocycles. The summed E-state index contributed by atoms with van der Waals surface area (Å²) in [4.78, 5) is 32.0. The lowest BCUT2D eigenvalue weighted by atomic mass is 10.1. The molecule has 0 atom stereocenters. The number of carbonyl (C=O) groups excluding carboxylic acids is 2. The van der Waals surface area contributed by atoms with Crippen LogP contribution in [0.3, 0.4) is 0 Å². The van der Waals surface area contributed by atoms with Gasteiger partial charge in [-0.05, 0) is 49.2 Å². The van der Waals surface area contributed by atoms with E-state index in [1.807, 2.05) is 30.3 Å². The molecule has 27 heavy (non-hydrogen) atoms. The molecule has 0 saturated carbocycles. The van der Waals surface area contributed by atoms with Crippen LogP contribution in [-0.2, 0) is 6.42 Å². The Morgan fingerprint density at radius 2 is 1.70 bits per heavy atom. The minimum absolute atomic E-state index is 0.00645. The standard InChI is InChI=1S/C21H20N4O2/c1-15(26)17-7-9-18(10-8-17)24-21-23-14-12-19(25-21)20(27)22-13-11-16-5-3-2-4-6-16/h2-10,12,14H,11,13H2,1H3,(H,22,27)(H,23,24,25). The lowest BCUT2D eigenvalue weighted by Crippen LogP contribution is -2.26. The molecule has 1 aromatic heterocycles. The topological polar surface area (TPSA) is 84.0 Å². The highest BCUT2D eigenvalue weighted by Gasteiger charge is 2.09. The number of Topliss-reactive ketones (excluding diaryl/α,β-unsaturated/α-hetero) is 1. The van der Waals surface area contributed by atoms with Gasteiger partial charge in [0.25, 0.3) is 5.91 Å². The van der Waals surface area contributed by atoms with E-state index in [9.17, 15) is 9.59 Å². The van der Waals surface area contributed by atoms with Crippen molar-refractivity contribution in [1.29, 1.82) is 0 Å². The smallest absolute Gasteiger partial charge is 0.270 e. The van der Waals surface area contributed by atoms with E-state index in [0.29, 0.717) is 23.8 Å². The number of ketones is 1. The normalized spacial score (nSPS) is 10.3. The van der Waals surface area contributed by atoms with Crippen LogP contribution in [0.2, 0.25) is 0 Å². The molecule has 1 heterocycles. The number of hydrogen-bond acceptors (Lipinski definition) is 5. The number of amides is 1. The zero-order valence-electron chi connectivity index (χ0n) is 15.0. The van der Waals surface area contributed by atoms with E-state index in [2.05, 4.69) is 20.6 Å². The van der Waals surface area contributed by atoms with E-state index in [1.165, 1.54) is 13.1 Å². The van der Waals surface area contributed by atoms with Crippen molar-refractivity contribution in [2.45, 2.75) is 13.3 Å². The van der Waals surface area contributed by atoms with Gasteiger partial charge in [0.05, 0.1) is 0 Å². The summed E-state index contributed by atoms with van der Waals surface area (Å²) in [5, 5.41) is 5.90. The van der Waals surface area contributed by atoms with Crippen molar-refractivity contribution in [2.75, 3.05) is 11.9 Å². The predicted molar refractivity (Wildman–Crippen MR) is 104 cm³/mol. The average Bonchev–Trinajstić information content (AvgIpc) is 2.69. The first kappa shape index (κ1) is 18.3. The van der Waals surface area contributed by atoms with Crippen LogP contribution in [0.15, 0.2) is 66.9 Å². The van der Waals surface area contributed by atoms with Crippen molar-refractivity contribution < 1.29 is 9.59 Å². The zero-order chi connectivity index (χ0) is 19.1. The number of benzene rings is 2. The molecule has 0 radical (unpaired) electrons. The summed E-state index contributed by atoms with van der Waals surface area (Å²) < 4.78 is 0. The van der Waals surface area contributed by atoms with Gasteiger partial charge >= 0.3 is 0 Å². The summed E-state index contributed by atoms with van der Waals surface area (Å²) in [6.45, 7) is 2.05. The van der Waals surface area contributed by atoms with Crippen LogP contribution in [-0.4, -0.2) is 28.2 Å². The summed E-state index contributed by atoms with van der Waals surface area (Å²) in [6.07, 6.45) is 2.29. The second kappa shape index (κ2) is 8.71. The molecule has 0 spiro atoms. The lowest BCUT2D eigenvalue weighted by Gasteiger charge is -2.08. The van der Waals surface area contributed by atoms with Crippen LogP contribution in [0, 0.1) is 0 Å². The molecule has 1 amide bonds. The molecular formula is C21H20N4O2. The van der Waals surface area contributed by atoms with E-state index in [-0.39, 0.29) is 11.7 Å². The number of anilines is 2. The molecule has 0 fully saturated rings. The number of nitrogens with zero attached hydrogens (tertiary/aromatic N) is 2. The van der Waals surface area contributed by atoms with Gasteiger partial charge in [-0.1, -0.05) is 30.3 Å². The fourth-order valence-electron chi connectivity index (χ4n) is 2.52. The first-order chi connectivity index (χ1) is 13.1. The summed E-state index contributed by atoms with van der Waals surface area (Å²) in [5.74, 6) is 0.0802. The molecule has 0 aliphatic carbocycles. The summed E-state index contributed by atoms with van der Waals surface area (Å²) >= 11 is 0. The van der Waals surface area contributed by atoms with Gasteiger partial charge in [-0.3, -0.25) is 9.59 Å². The van der Waals surface area contributed by atoms with E-state index < -0.39 is 0 Å². The second-order valence-corrected chi connectivity index (χ2v) is 6.02. The van der Waals surface area contributed by atoms with Gasteiger partial charge in [-0.25, -0.2) is 9.97 Å². The maximum atomic E-state index is 12.3. The average molecular weight is 360 g/mol. The lowest BCUT2D eigenvalue weighted by molar-refractivity contribution is 0.0948. The second-order valence-electron chi connectivity index (χ2n) is 6.02. The van der Waals surface area contributed by atoms with Crippen molar-refractivity contribution >= 4 is 23.3 Å². The van der Waals surface area contributed by atoms with E-state index in [1.54, 1.807) is 30.3 Å². The largest absolute Gasteiger partial charge is 0.350 e. The summed E-state index contributed by atoms with van der Waals surface area (Å²) in [5.41, 5.74) is 2.83. The van der Waals surface area contributed by atoms with Crippen LogP contribution in [0.4, 0.5) is 11.6 Å². The quantitative estimate of drug-likeness (QED) is 0.631. The monoisotopic (exact) mass is 360 g/mol. The Morgan fingerprint density at radius 1 is 0.963 bits per heavy atom. The number of nitrogens with one attached hydrogen (secondary N) is 2. The van der Waals surface area contributed by atoms with E-state index in [4.69, 9.17) is 0 Å². The highest BCUT2D eigenvalue weighted by atomic mass is 16.1. The van der Waals surface area contributed by atoms with Crippen molar-refractivity contribution in [1.82, 2.24) is 15.3 Å². The Hall–Kier alpha value is -3.54. The number of aromatic nitrogens is 2. The van der Waals surface area contributed by atoms with Gasteiger partial charge in [0, 0.05) is 24.0 Å². The first-order valence-electron chi connectivity index (χ1n) is 8.65. The Labute approximate surface area is 157 Å². The maximum absolute atomic E-state index is 12.3.